The quantitative estimate of drug-likeness (QED) is 0.295. The molecule has 1 aliphatic heterocycles. The van der Waals surface area contributed by atoms with E-state index in [4.69, 9.17) is 9.88 Å². The Bertz CT molecular complexity index is 1530. The molecule has 0 bridgehead atoms. The van der Waals surface area contributed by atoms with Crippen LogP contribution in [0.15, 0.2) is 36.8 Å². The summed E-state index contributed by atoms with van der Waals surface area (Å²) in [6.45, 7) is 3.23. The molecule has 2 aliphatic rings. The zero-order valence-corrected chi connectivity index (χ0v) is 24.9. The van der Waals surface area contributed by atoms with Crippen molar-refractivity contribution in [3.8, 4) is 0 Å². The van der Waals surface area contributed by atoms with E-state index in [1.807, 2.05) is 27.1 Å². The number of anilines is 1. The number of aliphatic hydroxyl groups is 1. The van der Waals surface area contributed by atoms with Crippen molar-refractivity contribution in [1.82, 2.24) is 14.9 Å². The lowest BCUT2D eigenvalue weighted by Gasteiger charge is -2.27. The number of ether oxygens (including phenoxy) is 1. The zero-order valence-electron chi connectivity index (χ0n) is 23.2. The van der Waals surface area contributed by atoms with Crippen LogP contribution in [0.25, 0.3) is 0 Å². The Kier molecular flexibility index (Phi) is 8.85. The van der Waals surface area contributed by atoms with Crippen molar-refractivity contribution in [2.45, 2.75) is 51.0 Å². The molecule has 4 N–H and O–H groups in total. The standard InChI is InChI=1S/C28H35N5O6S2/c1-16-21(27-22-8-17(13-33(2)3)4-5-18(22)6-7-38-27)11-25(40-16)26(35)23-12-30-15-31-28(23)32-20-9-19(24(34)10-20)14-39-41(29,36)37/h4-5,8,11-12,15,19-20,24,27,34H,6-7,9-10,13-14H2,1-3H3,(H2,29,36,37)(H,30,31,32)/t19-,20-,24+,27+/m1/s1. The van der Waals surface area contributed by atoms with E-state index in [2.05, 4.69) is 42.6 Å². The third kappa shape index (κ3) is 7.00. The largest absolute Gasteiger partial charge is 0.393 e. The van der Waals surface area contributed by atoms with Crippen molar-refractivity contribution in [3.63, 3.8) is 0 Å². The van der Waals surface area contributed by atoms with Crippen LogP contribution >= 0.6 is 11.3 Å². The predicted molar refractivity (Wildman–Crippen MR) is 155 cm³/mol. The maximum absolute atomic E-state index is 13.7. The average molecular weight is 602 g/mol. The molecule has 2 aromatic heterocycles. The van der Waals surface area contributed by atoms with Crippen LogP contribution in [0.4, 0.5) is 5.82 Å². The molecule has 1 fully saturated rings. The number of carbonyl (C=O) groups is 1. The van der Waals surface area contributed by atoms with Crippen LogP contribution in [0, 0.1) is 12.8 Å². The fraction of sp³-hybridized carbons (Fsp3) is 0.464. The van der Waals surface area contributed by atoms with E-state index < -0.39 is 22.3 Å². The highest BCUT2D eigenvalue weighted by Gasteiger charge is 2.35. The Morgan fingerprint density at radius 2 is 2.07 bits per heavy atom. The van der Waals surface area contributed by atoms with Gasteiger partial charge in [0, 0.05) is 29.6 Å². The van der Waals surface area contributed by atoms with Crippen LogP contribution in [-0.2, 0) is 32.2 Å². The highest BCUT2D eigenvalue weighted by Crippen LogP contribution is 2.39. The summed E-state index contributed by atoms with van der Waals surface area (Å²) in [4.78, 5) is 25.8. The lowest BCUT2D eigenvalue weighted by atomic mass is 9.91. The van der Waals surface area contributed by atoms with Crippen molar-refractivity contribution >= 4 is 33.2 Å². The van der Waals surface area contributed by atoms with E-state index in [1.54, 1.807) is 0 Å². The number of nitrogens with one attached hydrogen (secondary N) is 1. The molecule has 0 amide bonds. The maximum Gasteiger partial charge on any atom is 0.333 e. The van der Waals surface area contributed by atoms with Gasteiger partial charge in [-0.05, 0) is 68.6 Å². The molecular formula is C28H35N5O6S2. The number of hydrogen-bond donors (Lipinski definition) is 3. The molecule has 4 atom stereocenters. The highest BCUT2D eigenvalue weighted by atomic mass is 32.2. The zero-order chi connectivity index (χ0) is 29.3. The number of hydrogen-bond acceptors (Lipinski definition) is 11. The first kappa shape index (κ1) is 29.7. The van der Waals surface area contributed by atoms with E-state index >= 15 is 0 Å². The van der Waals surface area contributed by atoms with Crippen LogP contribution in [0.5, 0.6) is 0 Å². The third-order valence-electron chi connectivity index (χ3n) is 7.51. The second-order valence-corrected chi connectivity index (χ2v) is 13.4. The van der Waals surface area contributed by atoms with Gasteiger partial charge < -0.3 is 20.1 Å². The van der Waals surface area contributed by atoms with Gasteiger partial charge in [-0.25, -0.2) is 15.1 Å². The molecule has 0 unspecified atom stereocenters. The highest BCUT2D eigenvalue weighted by molar-refractivity contribution is 7.84. The SMILES string of the molecule is Cc1sc(C(=O)c2cncnc2N[C@@H]2C[C@H](COS(N)(=O)=O)[C@@H](O)C2)cc1[C@@H]1OCCc2ccc(CN(C)C)cc21. The van der Waals surface area contributed by atoms with E-state index in [0.29, 0.717) is 35.7 Å². The van der Waals surface area contributed by atoms with Crippen molar-refractivity contribution in [3.05, 3.63) is 74.4 Å². The van der Waals surface area contributed by atoms with Crippen molar-refractivity contribution in [2.24, 2.45) is 11.1 Å². The summed E-state index contributed by atoms with van der Waals surface area (Å²) in [5.41, 5.74) is 4.90. The lowest BCUT2D eigenvalue weighted by molar-refractivity contribution is 0.0696. The number of aromatic nitrogens is 2. The minimum Gasteiger partial charge on any atom is -0.393 e. The molecule has 41 heavy (non-hydrogen) atoms. The number of aliphatic hydroxyl groups excluding tert-OH is 1. The van der Waals surface area contributed by atoms with Crippen LogP contribution in [0.1, 0.15) is 61.3 Å². The topological polar surface area (TPSA) is 157 Å². The lowest BCUT2D eigenvalue weighted by Crippen LogP contribution is -2.24. The predicted octanol–water partition coefficient (Wildman–Crippen LogP) is 2.57. The first-order valence-electron chi connectivity index (χ1n) is 13.4. The normalized spacial score (nSPS) is 22.6. The summed E-state index contributed by atoms with van der Waals surface area (Å²) in [5.74, 6) is -0.279. The fourth-order valence-electron chi connectivity index (χ4n) is 5.60. The summed E-state index contributed by atoms with van der Waals surface area (Å²) in [6, 6.07) is 8.23. The summed E-state index contributed by atoms with van der Waals surface area (Å²) in [5, 5.41) is 18.6. The van der Waals surface area contributed by atoms with Gasteiger partial charge in [0.15, 0.2) is 0 Å². The van der Waals surface area contributed by atoms with Gasteiger partial charge in [-0.2, -0.15) is 8.42 Å². The molecule has 0 spiro atoms. The summed E-state index contributed by atoms with van der Waals surface area (Å²) in [7, 11) is -0.0149. The Morgan fingerprint density at radius 3 is 2.83 bits per heavy atom. The number of nitrogens with zero attached hydrogens (tertiary/aromatic N) is 3. The van der Waals surface area contributed by atoms with Crippen LogP contribution in [-0.4, -0.2) is 73.6 Å². The van der Waals surface area contributed by atoms with Crippen molar-refractivity contribution < 1.29 is 27.2 Å². The number of aryl methyl sites for hydroxylation is 1. The monoisotopic (exact) mass is 601 g/mol. The maximum atomic E-state index is 13.7. The van der Waals surface area contributed by atoms with Gasteiger partial charge in [0.2, 0.25) is 5.78 Å². The van der Waals surface area contributed by atoms with E-state index in [1.165, 1.54) is 35.0 Å². The van der Waals surface area contributed by atoms with Gasteiger partial charge in [-0.3, -0.25) is 8.98 Å². The molecule has 0 saturated heterocycles. The molecule has 5 rings (SSSR count). The summed E-state index contributed by atoms with van der Waals surface area (Å²) >= 11 is 1.42. The fourth-order valence-corrected chi connectivity index (χ4v) is 6.97. The first-order valence-corrected chi connectivity index (χ1v) is 15.7. The Hall–Kier alpha value is -2.78. The molecule has 1 saturated carbocycles. The van der Waals surface area contributed by atoms with Gasteiger partial charge in [0.25, 0.3) is 0 Å². The van der Waals surface area contributed by atoms with Gasteiger partial charge in [0.1, 0.15) is 18.2 Å². The van der Waals surface area contributed by atoms with E-state index in [-0.39, 0.29) is 24.5 Å². The number of nitrogens with two attached hydrogens (primary N) is 1. The molecule has 3 aromatic rings. The summed E-state index contributed by atoms with van der Waals surface area (Å²) < 4.78 is 33.3. The second kappa shape index (κ2) is 12.2. The van der Waals surface area contributed by atoms with Crippen LogP contribution in [0.3, 0.4) is 0 Å². The van der Waals surface area contributed by atoms with Gasteiger partial charge in [-0.1, -0.05) is 18.2 Å². The van der Waals surface area contributed by atoms with Gasteiger partial charge >= 0.3 is 10.3 Å². The molecule has 220 valence electrons. The van der Waals surface area contributed by atoms with Crippen molar-refractivity contribution in [1.29, 1.82) is 0 Å². The molecule has 1 aromatic carbocycles. The Labute approximate surface area is 244 Å². The number of benzene rings is 1. The minimum absolute atomic E-state index is 0.211. The van der Waals surface area contributed by atoms with E-state index in [9.17, 15) is 18.3 Å². The molecule has 1 aliphatic carbocycles. The molecule has 11 nitrogen and oxygen atoms in total. The Morgan fingerprint density at radius 1 is 1.27 bits per heavy atom. The minimum atomic E-state index is -4.10. The second-order valence-electron chi connectivity index (χ2n) is 10.9. The molecular weight excluding hydrogens is 566 g/mol. The van der Waals surface area contributed by atoms with Crippen LogP contribution < -0.4 is 10.5 Å². The number of thiophene rings is 1. The molecule has 3 heterocycles. The molecule has 13 heteroatoms. The number of ketones is 1. The van der Waals surface area contributed by atoms with Crippen molar-refractivity contribution in [2.75, 3.05) is 32.6 Å². The molecule has 0 radical (unpaired) electrons. The smallest absolute Gasteiger partial charge is 0.333 e. The Balaban J connectivity index is 1.35. The van der Waals surface area contributed by atoms with Gasteiger partial charge in [0.05, 0.1) is 29.8 Å². The average Bonchev–Trinajstić information content (AvgIpc) is 3.47. The number of carbonyl (C=O) groups excluding carboxylic acids is 1. The third-order valence-corrected chi connectivity index (χ3v) is 9.04. The summed E-state index contributed by atoms with van der Waals surface area (Å²) in [6.07, 6.45) is 3.42. The first-order chi connectivity index (χ1) is 19.5. The number of fused-ring (bicyclic) bond motifs is 1. The van der Waals surface area contributed by atoms with Gasteiger partial charge in [-0.15, -0.1) is 11.3 Å². The number of rotatable bonds is 10. The van der Waals surface area contributed by atoms with Crippen LogP contribution in [0.2, 0.25) is 0 Å². The van der Waals surface area contributed by atoms with E-state index in [0.717, 1.165) is 29.0 Å².